The molecular formula is C13H24Cl2N4O. The molecule has 1 aromatic heterocycles. The third kappa shape index (κ3) is 6.50. The van der Waals surface area contributed by atoms with E-state index >= 15 is 0 Å². The number of nitrogens with two attached hydrogens (primary N) is 1. The monoisotopic (exact) mass is 322 g/mol. The van der Waals surface area contributed by atoms with Gasteiger partial charge in [-0.15, -0.1) is 24.8 Å². The second kappa shape index (κ2) is 9.91. The molecule has 1 aromatic rings. The maximum Gasteiger partial charge on any atom is 0.273 e. The molecule has 1 heterocycles. The van der Waals surface area contributed by atoms with Crippen molar-refractivity contribution in [1.29, 1.82) is 0 Å². The van der Waals surface area contributed by atoms with Crippen LogP contribution in [0, 0.1) is 12.8 Å². The van der Waals surface area contributed by atoms with Crippen molar-refractivity contribution in [1.82, 2.24) is 14.9 Å². The van der Waals surface area contributed by atoms with Gasteiger partial charge in [-0.3, -0.25) is 9.78 Å². The van der Waals surface area contributed by atoms with E-state index in [2.05, 4.69) is 23.8 Å². The van der Waals surface area contributed by atoms with E-state index in [0.29, 0.717) is 18.2 Å². The van der Waals surface area contributed by atoms with Crippen LogP contribution >= 0.6 is 24.8 Å². The third-order valence-corrected chi connectivity index (χ3v) is 3.00. The second-order valence-corrected chi connectivity index (χ2v) is 4.97. The van der Waals surface area contributed by atoms with Gasteiger partial charge in [0.1, 0.15) is 5.69 Å². The molecule has 7 heteroatoms. The van der Waals surface area contributed by atoms with E-state index in [1.54, 1.807) is 18.1 Å². The fraction of sp³-hybridized carbons (Fsp3) is 0.615. The van der Waals surface area contributed by atoms with Crippen LogP contribution in [-0.4, -0.2) is 40.4 Å². The third-order valence-electron chi connectivity index (χ3n) is 3.00. The smallest absolute Gasteiger partial charge is 0.273 e. The van der Waals surface area contributed by atoms with Gasteiger partial charge in [-0.2, -0.15) is 0 Å². The first-order valence-electron chi connectivity index (χ1n) is 6.21. The Balaban J connectivity index is 0. The van der Waals surface area contributed by atoms with Crippen LogP contribution in [0.1, 0.15) is 36.5 Å². The summed E-state index contributed by atoms with van der Waals surface area (Å²) in [6, 6.07) is 0.115. The molecule has 1 unspecified atom stereocenters. The van der Waals surface area contributed by atoms with Crippen molar-refractivity contribution >= 4 is 30.7 Å². The molecule has 0 spiro atoms. The summed E-state index contributed by atoms with van der Waals surface area (Å²) in [4.78, 5) is 21.8. The first-order valence-corrected chi connectivity index (χ1v) is 6.21. The van der Waals surface area contributed by atoms with Gasteiger partial charge in [0.05, 0.1) is 11.9 Å². The van der Waals surface area contributed by atoms with Crippen LogP contribution in [0.4, 0.5) is 0 Å². The zero-order valence-electron chi connectivity index (χ0n) is 12.4. The largest absolute Gasteiger partial charge is 0.340 e. The van der Waals surface area contributed by atoms with Gasteiger partial charge in [0.2, 0.25) is 0 Å². The Morgan fingerprint density at radius 2 is 1.90 bits per heavy atom. The lowest BCUT2D eigenvalue weighted by atomic mass is 10.0. The molecule has 1 atom stereocenters. The number of hydrogen-bond donors (Lipinski definition) is 1. The van der Waals surface area contributed by atoms with E-state index in [1.165, 1.54) is 6.20 Å². The normalized spacial score (nSPS) is 11.3. The molecule has 0 aliphatic heterocycles. The highest BCUT2D eigenvalue weighted by Gasteiger charge is 2.15. The summed E-state index contributed by atoms with van der Waals surface area (Å²) in [6.45, 7) is 6.64. The number of hydrogen-bond acceptors (Lipinski definition) is 4. The molecule has 116 valence electrons. The number of halogens is 2. The lowest BCUT2D eigenvalue weighted by molar-refractivity contribution is 0.0783. The number of aromatic nitrogens is 2. The van der Waals surface area contributed by atoms with Crippen LogP contribution in [0.25, 0.3) is 0 Å². The van der Waals surface area contributed by atoms with E-state index in [-0.39, 0.29) is 36.8 Å². The van der Waals surface area contributed by atoms with Crippen LogP contribution < -0.4 is 5.73 Å². The molecule has 1 amide bonds. The van der Waals surface area contributed by atoms with Gasteiger partial charge in [-0.25, -0.2) is 4.98 Å². The van der Waals surface area contributed by atoms with E-state index in [4.69, 9.17) is 5.73 Å². The van der Waals surface area contributed by atoms with Crippen molar-refractivity contribution in [3.63, 3.8) is 0 Å². The highest BCUT2D eigenvalue weighted by atomic mass is 35.5. The summed E-state index contributed by atoms with van der Waals surface area (Å²) in [5.74, 6) is 0.311. The highest BCUT2D eigenvalue weighted by Crippen LogP contribution is 2.05. The molecule has 20 heavy (non-hydrogen) atoms. The fourth-order valence-corrected chi connectivity index (χ4v) is 1.48. The average molecular weight is 323 g/mol. The molecule has 0 aliphatic carbocycles. The second-order valence-electron chi connectivity index (χ2n) is 4.97. The Morgan fingerprint density at radius 3 is 2.35 bits per heavy atom. The highest BCUT2D eigenvalue weighted by molar-refractivity contribution is 5.91. The van der Waals surface area contributed by atoms with Gasteiger partial charge in [0.25, 0.3) is 5.91 Å². The minimum atomic E-state index is -0.113. The van der Waals surface area contributed by atoms with Crippen molar-refractivity contribution in [2.24, 2.45) is 11.7 Å². The molecule has 0 fully saturated rings. The molecule has 5 nitrogen and oxygen atoms in total. The van der Waals surface area contributed by atoms with Crippen molar-refractivity contribution in [3.05, 3.63) is 23.8 Å². The quantitative estimate of drug-likeness (QED) is 0.900. The minimum absolute atomic E-state index is 0. The summed E-state index contributed by atoms with van der Waals surface area (Å²) in [6.07, 6.45) is 3.90. The van der Waals surface area contributed by atoms with Crippen molar-refractivity contribution in [2.45, 2.75) is 33.2 Å². The summed E-state index contributed by atoms with van der Waals surface area (Å²) in [5, 5.41) is 0. The predicted molar refractivity (Wildman–Crippen MR) is 85.7 cm³/mol. The maximum atomic E-state index is 12.0. The molecule has 1 rings (SSSR count). The average Bonchev–Trinajstić information content (AvgIpc) is 2.35. The Hall–Kier alpha value is -0.910. The number of amides is 1. The van der Waals surface area contributed by atoms with Gasteiger partial charge in [-0.05, 0) is 19.3 Å². The molecular weight excluding hydrogens is 299 g/mol. The molecule has 0 aromatic carbocycles. The van der Waals surface area contributed by atoms with E-state index in [1.807, 2.05) is 6.92 Å². The topological polar surface area (TPSA) is 72.1 Å². The SMILES string of the molecule is Cc1cnc(C(=O)N(C)CCC(N)C(C)C)cn1.Cl.Cl. The molecule has 2 N–H and O–H groups in total. The lowest BCUT2D eigenvalue weighted by Gasteiger charge is -2.21. The number of rotatable bonds is 5. The van der Waals surface area contributed by atoms with Crippen molar-refractivity contribution in [2.75, 3.05) is 13.6 Å². The Bertz CT molecular complexity index is 398. The summed E-state index contributed by atoms with van der Waals surface area (Å²) >= 11 is 0. The molecule has 0 aliphatic rings. The van der Waals surface area contributed by atoms with Crippen molar-refractivity contribution in [3.8, 4) is 0 Å². The van der Waals surface area contributed by atoms with Gasteiger partial charge < -0.3 is 10.6 Å². The first-order chi connectivity index (χ1) is 8.41. The Labute approximate surface area is 133 Å². The zero-order valence-corrected chi connectivity index (χ0v) is 14.0. The molecule has 0 radical (unpaired) electrons. The summed E-state index contributed by atoms with van der Waals surface area (Å²) in [7, 11) is 1.76. The van der Waals surface area contributed by atoms with E-state index in [9.17, 15) is 4.79 Å². The Kier molecular flexibility index (Phi) is 10.6. The standard InChI is InChI=1S/C13H22N4O.2ClH/c1-9(2)11(14)5-6-17(4)13(18)12-8-15-10(3)7-16-12;;/h7-9,11H,5-6,14H2,1-4H3;2*1H. The summed E-state index contributed by atoms with van der Waals surface area (Å²) in [5.41, 5.74) is 7.14. The van der Waals surface area contributed by atoms with Crippen LogP contribution in [0.3, 0.4) is 0 Å². The number of aryl methyl sites for hydroxylation is 1. The molecule has 0 bridgehead atoms. The van der Waals surface area contributed by atoms with Crippen LogP contribution in [0.2, 0.25) is 0 Å². The van der Waals surface area contributed by atoms with Crippen LogP contribution in [0.15, 0.2) is 12.4 Å². The zero-order chi connectivity index (χ0) is 13.7. The lowest BCUT2D eigenvalue weighted by Crippen LogP contribution is -2.35. The number of carbonyl (C=O) groups excluding carboxylic acids is 1. The Morgan fingerprint density at radius 1 is 1.30 bits per heavy atom. The number of carbonyl (C=O) groups is 1. The maximum absolute atomic E-state index is 12.0. The van der Waals surface area contributed by atoms with Crippen LogP contribution in [-0.2, 0) is 0 Å². The van der Waals surface area contributed by atoms with E-state index in [0.717, 1.165) is 12.1 Å². The van der Waals surface area contributed by atoms with Gasteiger partial charge >= 0.3 is 0 Å². The van der Waals surface area contributed by atoms with E-state index < -0.39 is 0 Å². The van der Waals surface area contributed by atoms with Crippen molar-refractivity contribution < 1.29 is 4.79 Å². The van der Waals surface area contributed by atoms with Gasteiger partial charge in [0.15, 0.2) is 0 Å². The predicted octanol–water partition coefficient (Wildman–Crippen LogP) is 2.07. The van der Waals surface area contributed by atoms with Gasteiger partial charge in [0, 0.05) is 25.8 Å². The minimum Gasteiger partial charge on any atom is -0.340 e. The molecule has 0 saturated carbocycles. The first kappa shape index (κ1) is 21.4. The fourth-order valence-electron chi connectivity index (χ4n) is 1.48. The number of nitrogens with zero attached hydrogens (tertiary/aromatic N) is 3. The van der Waals surface area contributed by atoms with Gasteiger partial charge in [-0.1, -0.05) is 13.8 Å². The van der Waals surface area contributed by atoms with Crippen LogP contribution in [0.5, 0.6) is 0 Å². The molecule has 0 saturated heterocycles. The summed E-state index contributed by atoms with van der Waals surface area (Å²) < 4.78 is 0.